The Morgan fingerprint density at radius 3 is 2.14 bits per heavy atom. The van der Waals surface area contributed by atoms with Crippen LogP contribution in [0, 0.1) is 0 Å². The summed E-state index contributed by atoms with van der Waals surface area (Å²) in [6, 6.07) is 12.9. The summed E-state index contributed by atoms with van der Waals surface area (Å²) in [4.78, 5) is 27.3. The number of phenols is 2. The van der Waals surface area contributed by atoms with Crippen LogP contribution in [-0.4, -0.2) is 57.7 Å². The third kappa shape index (κ3) is 7.33. The second kappa shape index (κ2) is 14.4. The number of imide groups is 1. The summed E-state index contributed by atoms with van der Waals surface area (Å²) in [5.74, 6) is -1.38. The minimum Gasteiger partial charge on any atom is -0.504 e. The molecule has 3 aromatic rings. The van der Waals surface area contributed by atoms with Gasteiger partial charge in [0.2, 0.25) is 0 Å². The first-order valence-electron chi connectivity index (χ1n) is 15.6. The third-order valence-corrected chi connectivity index (χ3v) is 8.40. The predicted octanol–water partition coefficient (Wildman–Crippen LogP) is 7.55. The van der Waals surface area contributed by atoms with Gasteiger partial charge in [0.05, 0.1) is 6.61 Å². The number of aliphatic hydroxyl groups is 1. The molecule has 1 aliphatic rings. The molecule has 1 aliphatic heterocycles. The number of nitrogens with one attached hydrogen (secondary N) is 1. The summed E-state index contributed by atoms with van der Waals surface area (Å²) in [6.45, 7) is 3.25. The molecule has 1 heterocycles. The fourth-order valence-corrected chi connectivity index (χ4v) is 5.72. The second-order valence-electron chi connectivity index (χ2n) is 11.7. The van der Waals surface area contributed by atoms with Crippen molar-refractivity contribution in [3.63, 3.8) is 0 Å². The second-order valence-corrected chi connectivity index (χ2v) is 11.7. The highest BCUT2D eigenvalue weighted by molar-refractivity contribution is 6.07. The molecule has 8 nitrogen and oxygen atoms in total. The summed E-state index contributed by atoms with van der Waals surface area (Å²) in [5, 5.41) is 32.5. The molecule has 4 rings (SSSR count). The van der Waals surface area contributed by atoms with Gasteiger partial charge in [-0.15, -0.1) is 0 Å². The van der Waals surface area contributed by atoms with Gasteiger partial charge in [-0.3, -0.25) is 9.69 Å². The van der Waals surface area contributed by atoms with Gasteiger partial charge in [-0.05, 0) is 66.6 Å². The van der Waals surface area contributed by atoms with Crippen molar-refractivity contribution in [3.05, 3.63) is 88.5 Å². The van der Waals surface area contributed by atoms with Gasteiger partial charge in [0, 0.05) is 17.7 Å². The number of nitrogens with zero attached hydrogens (tertiary/aromatic N) is 1. The number of hydrogen-bond donors (Lipinski definition) is 4. The summed E-state index contributed by atoms with van der Waals surface area (Å²) in [6.07, 6.45) is -8.35. The van der Waals surface area contributed by atoms with E-state index in [9.17, 15) is 51.3 Å². The molecule has 3 amide bonds. The average molecular weight is 695 g/mol. The van der Waals surface area contributed by atoms with E-state index < -0.39 is 52.5 Å². The zero-order chi connectivity index (χ0) is 36.2. The number of alkyl halides is 6. The fraction of sp³-hybridized carbons (Fsp3) is 0.371. The maximum absolute atomic E-state index is 13.9. The van der Waals surface area contributed by atoms with Crippen LogP contribution in [-0.2, 0) is 22.4 Å². The number of phenolic OH excluding ortho intramolecular Hbond substituents is 2. The van der Waals surface area contributed by atoms with Crippen LogP contribution < -0.4 is 10.1 Å². The Hall–Kier alpha value is -4.72. The van der Waals surface area contributed by atoms with Crippen molar-refractivity contribution in [2.45, 2.75) is 69.4 Å². The molecular weight excluding hydrogens is 658 g/mol. The smallest absolute Gasteiger partial charge is 0.430 e. The molecule has 0 aromatic heterocycles. The van der Waals surface area contributed by atoms with Gasteiger partial charge in [0.15, 0.2) is 11.5 Å². The molecule has 0 aliphatic carbocycles. The fourth-order valence-electron chi connectivity index (χ4n) is 5.72. The number of rotatable bonds is 13. The third-order valence-electron chi connectivity index (χ3n) is 8.40. The van der Waals surface area contributed by atoms with Crippen molar-refractivity contribution in [3.8, 4) is 17.2 Å². The van der Waals surface area contributed by atoms with E-state index in [-0.39, 0.29) is 61.3 Å². The number of ether oxygens (including phenoxy) is 1. The number of aromatic hydroxyl groups is 2. The van der Waals surface area contributed by atoms with Crippen LogP contribution in [0.5, 0.6) is 17.2 Å². The highest BCUT2D eigenvalue weighted by Gasteiger charge is 2.71. The molecule has 1 fully saturated rings. The maximum Gasteiger partial charge on any atom is 0.430 e. The number of amides is 3. The van der Waals surface area contributed by atoms with E-state index in [1.807, 2.05) is 0 Å². The molecule has 0 bridgehead atoms. The van der Waals surface area contributed by atoms with Crippen LogP contribution >= 0.6 is 0 Å². The van der Waals surface area contributed by atoms with Crippen molar-refractivity contribution in [2.24, 2.45) is 0 Å². The topological polar surface area (TPSA) is 119 Å². The van der Waals surface area contributed by atoms with E-state index in [2.05, 4.69) is 5.32 Å². The Labute approximate surface area is 278 Å². The van der Waals surface area contributed by atoms with Gasteiger partial charge < -0.3 is 25.4 Å². The molecule has 49 heavy (non-hydrogen) atoms. The number of hydrogen-bond acceptors (Lipinski definition) is 6. The van der Waals surface area contributed by atoms with E-state index in [4.69, 9.17) is 4.74 Å². The van der Waals surface area contributed by atoms with E-state index in [1.54, 1.807) is 44.2 Å². The van der Waals surface area contributed by atoms with Crippen LogP contribution in [0.4, 0.5) is 31.1 Å². The first kappa shape index (κ1) is 37.1. The minimum absolute atomic E-state index is 0.0265. The summed E-state index contributed by atoms with van der Waals surface area (Å²) < 4.78 is 89.1. The standard InChI is InChI=1S/C35H36F6N2O6/c1-3-10-23-19-26(33(48,34(36,37)38)35(39,40)41)20-24(14-13-22-11-6-5-7-12-22)29(23)49-18-9-8-17-43-30(46)32(4-2,42-31(43)47)25-15-16-27(44)28(45)21-25/h5-7,11-16,19-21,44-45,48H,3-4,8-10,17-18H2,1-2H3,(H,42,47)/b14-13+. The Balaban J connectivity index is 1.58. The van der Waals surface area contributed by atoms with Gasteiger partial charge in [0.25, 0.3) is 11.5 Å². The minimum atomic E-state index is -6.07. The van der Waals surface area contributed by atoms with Crippen LogP contribution in [0.3, 0.4) is 0 Å². The maximum atomic E-state index is 13.9. The Bertz CT molecular complexity index is 1680. The van der Waals surface area contributed by atoms with Crippen molar-refractivity contribution >= 4 is 24.1 Å². The zero-order valence-corrected chi connectivity index (χ0v) is 26.7. The van der Waals surface area contributed by atoms with Gasteiger partial charge in [0.1, 0.15) is 11.3 Å². The lowest BCUT2D eigenvalue weighted by molar-refractivity contribution is -0.376. The lowest BCUT2D eigenvalue weighted by atomic mass is 9.87. The van der Waals surface area contributed by atoms with Crippen LogP contribution in [0.1, 0.15) is 67.3 Å². The number of urea groups is 1. The molecule has 4 N–H and O–H groups in total. The zero-order valence-electron chi connectivity index (χ0n) is 26.7. The number of carbonyl (C=O) groups is 2. The van der Waals surface area contributed by atoms with E-state index in [0.29, 0.717) is 24.1 Å². The largest absolute Gasteiger partial charge is 0.504 e. The normalized spacial score (nSPS) is 17.2. The van der Waals surface area contributed by atoms with E-state index in [1.165, 1.54) is 30.4 Å². The van der Waals surface area contributed by atoms with Crippen molar-refractivity contribution in [2.75, 3.05) is 13.2 Å². The molecule has 0 radical (unpaired) electrons. The number of aryl methyl sites for hydroxylation is 1. The van der Waals surface area contributed by atoms with Crippen molar-refractivity contribution in [1.29, 1.82) is 0 Å². The Morgan fingerprint density at radius 2 is 1.55 bits per heavy atom. The van der Waals surface area contributed by atoms with Gasteiger partial charge >= 0.3 is 18.4 Å². The van der Waals surface area contributed by atoms with Gasteiger partial charge in [-0.25, -0.2) is 4.79 Å². The summed E-state index contributed by atoms with van der Waals surface area (Å²) >= 11 is 0. The monoisotopic (exact) mass is 694 g/mol. The molecule has 264 valence electrons. The first-order chi connectivity index (χ1) is 23.0. The number of carbonyl (C=O) groups excluding carboxylic acids is 2. The molecule has 1 atom stereocenters. The Morgan fingerprint density at radius 1 is 0.878 bits per heavy atom. The van der Waals surface area contributed by atoms with E-state index in [0.717, 1.165) is 4.90 Å². The quantitative estimate of drug-likeness (QED) is 0.0483. The SMILES string of the molecule is CCCc1cc(C(O)(C(F)(F)F)C(F)(F)F)cc(/C=C/c2ccccc2)c1OCCCCN1C(=O)NC(CC)(c2ccc(O)c(O)c2)C1=O. The van der Waals surface area contributed by atoms with Crippen molar-refractivity contribution in [1.82, 2.24) is 10.2 Å². The highest BCUT2D eigenvalue weighted by atomic mass is 19.4. The van der Waals surface area contributed by atoms with Crippen molar-refractivity contribution < 1.29 is 56.0 Å². The lowest BCUT2D eigenvalue weighted by Gasteiger charge is -2.33. The van der Waals surface area contributed by atoms with Crippen LogP contribution in [0.15, 0.2) is 60.7 Å². The molecule has 0 saturated carbocycles. The first-order valence-corrected chi connectivity index (χ1v) is 15.6. The molecular formula is C35H36F6N2O6. The molecule has 1 unspecified atom stereocenters. The summed E-state index contributed by atoms with van der Waals surface area (Å²) in [5.41, 5.74) is -7.20. The molecule has 0 spiro atoms. The molecule has 1 saturated heterocycles. The Kier molecular flexibility index (Phi) is 10.9. The number of benzene rings is 3. The lowest BCUT2D eigenvalue weighted by Crippen LogP contribution is -2.54. The van der Waals surface area contributed by atoms with Crippen LogP contribution in [0.2, 0.25) is 0 Å². The number of unbranched alkanes of at least 4 members (excludes halogenated alkanes) is 1. The predicted molar refractivity (Wildman–Crippen MR) is 169 cm³/mol. The highest BCUT2D eigenvalue weighted by Crippen LogP contribution is 2.51. The summed E-state index contributed by atoms with van der Waals surface area (Å²) in [7, 11) is 0. The van der Waals surface area contributed by atoms with Crippen LogP contribution in [0.25, 0.3) is 12.2 Å². The van der Waals surface area contributed by atoms with Gasteiger partial charge in [-0.1, -0.05) is 68.8 Å². The van der Waals surface area contributed by atoms with E-state index >= 15 is 0 Å². The number of halogens is 6. The average Bonchev–Trinajstić information content (AvgIpc) is 3.29. The van der Waals surface area contributed by atoms with Gasteiger partial charge in [-0.2, -0.15) is 26.3 Å². The molecule has 14 heteroatoms. The molecule has 3 aromatic carbocycles.